The molecule has 1 unspecified atom stereocenters. The van der Waals surface area contributed by atoms with Crippen molar-refractivity contribution in [2.24, 2.45) is 0 Å². The van der Waals surface area contributed by atoms with Crippen LogP contribution in [0.4, 0.5) is 0 Å². The summed E-state index contributed by atoms with van der Waals surface area (Å²) < 4.78 is 6.19. The van der Waals surface area contributed by atoms with Crippen LogP contribution >= 0.6 is 11.3 Å². The van der Waals surface area contributed by atoms with Crippen molar-refractivity contribution in [1.29, 1.82) is 0 Å². The Morgan fingerprint density at radius 2 is 2.12 bits per heavy atom. The number of amides is 1. The van der Waals surface area contributed by atoms with E-state index in [9.17, 15) is 9.90 Å². The summed E-state index contributed by atoms with van der Waals surface area (Å²) >= 11 is 1.54. The highest BCUT2D eigenvalue weighted by atomic mass is 32.1. The van der Waals surface area contributed by atoms with Crippen molar-refractivity contribution in [3.8, 4) is 0 Å². The van der Waals surface area contributed by atoms with Crippen molar-refractivity contribution in [1.82, 2.24) is 10.5 Å². The number of thiophene rings is 1. The van der Waals surface area contributed by atoms with Gasteiger partial charge in [0.25, 0.3) is 0 Å². The van der Waals surface area contributed by atoms with E-state index < -0.39 is 5.60 Å². The van der Waals surface area contributed by atoms with Crippen molar-refractivity contribution in [2.45, 2.75) is 32.8 Å². The molecule has 2 heterocycles. The van der Waals surface area contributed by atoms with Crippen LogP contribution < -0.4 is 5.32 Å². The second kappa shape index (κ2) is 6.37. The number of aryl methyl sites for hydroxylation is 2. The lowest BCUT2D eigenvalue weighted by molar-refractivity contribution is -0.121. The van der Waals surface area contributed by atoms with Crippen molar-refractivity contribution in [2.75, 3.05) is 6.54 Å². The molecule has 0 fully saturated rings. The highest BCUT2D eigenvalue weighted by molar-refractivity contribution is 7.19. The summed E-state index contributed by atoms with van der Waals surface area (Å²) in [5, 5.41) is 18.5. The molecule has 0 aliphatic heterocycles. The first-order valence-corrected chi connectivity index (χ1v) is 8.58. The summed E-state index contributed by atoms with van der Waals surface area (Å²) in [6.07, 6.45) is 0.198. The molecule has 0 bridgehead atoms. The first-order valence-electron chi connectivity index (χ1n) is 7.77. The summed E-state index contributed by atoms with van der Waals surface area (Å²) in [7, 11) is 0. The van der Waals surface area contributed by atoms with E-state index in [2.05, 4.69) is 10.5 Å². The SMILES string of the molecule is Cc1noc(C)c1CC(=O)NCC(C)(O)c1cc2ccccc2s1. The number of fused-ring (bicyclic) bond motifs is 1. The van der Waals surface area contributed by atoms with E-state index in [0.29, 0.717) is 5.76 Å². The molecule has 3 aromatic rings. The van der Waals surface area contributed by atoms with Gasteiger partial charge in [-0.3, -0.25) is 4.79 Å². The summed E-state index contributed by atoms with van der Waals surface area (Å²) in [5.41, 5.74) is 0.408. The normalized spacial score (nSPS) is 13.8. The van der Waals surface area contributed by atoms with Gasteiger partial charge >= 0.3 is 0 Å². The molecule has 0 spiro atoms. The van der Waals surface area contributed by atoms with E-state index in [1.54, 1.807) is 13.8 Å². The third-order valence-corrected chi connectivity index (χ3v) is 5.47. The average Bonchev–Trinajstić information content (AvgIpc) is 3.12. The monoisotopic (exact) mass is 344 g/mol. The van der Waals surface area contributed by atoms with Gasteiger partial charge in [0, 0.05) is 15.1 Å². The topological polar surface area (TPSA) is 75.4 Å². The van der Waals surface area contributed by atoms with Gasteiger partial charge in [0.1, 0.15) is 11.4 Å². The number of benzene rings is 1. The molecule has 3 rings (SSSR count). The fraction of sp³-hybridized carbons (Fsp3) is 0.333. The van der Waals surface area contributed by atoms with Crippen LogP contribution in [0.15, 0.2) is 34.9 Å². The molecule has 126 valence electrons. The van der Waals surface area contributed by atoms with Crippen molar-refractivity contribution in [3.05, 3.63) is 52.2 Å². The predicted molar refractivity (Wildman–Crippen MR) is 94.1 cm³/mol. The first-order chi connectivity index (χ1) is 11.4. The molecule has 0 saturated heterocycles. The Kier molecular flexibility index (Phi) is 4.43. The standard InChI is InChI=1S/C18H20N2O3S/c1-11-14(12(2)23-20-11)9-17(21)19-10-18(3,22)16-8-13-6-4-5-7-15(13)24-16/h4-8,22H,9-10H2,1-3H3,(H,19,21). The third kappa shape index (κ3) is 3.34. The summed E-state index contributed by atoms with van der Waals surface area (Å²) in [6.45, 7) is 5.47. The molecule has 2 N–H and O–H groups in total. The third-order valence-electron chi connectivity index (χ3n) is 4.10. The lowest BCUT2D eigenvalue weighted by Gasteiger charge is -2.22. The lowest BCUT2D eigenvalue weighted by atomic mass is 10.0. The van der Waals surface area contributed by atoms with Gasteiger partial charge in [0.05, 0.1) is 18.7 Å². The van der Waals surface area contributed by atoms with E-state index in [-0.39, 0.29) is 18.9 Å². The number of hydrogen-bond acceptors (Lipinski definition) is 5. The highest BCUT2D eigenvalue weighted by Crippen LogP contribution is 2.32. The number of carbonyl (C=O) groups is 1. The van der Waals surface area contributed by atoms with E-state index in [0.717, 1.165) is 26.2 Å². The second-order valence-electron chi connectivity index (χ2n) is 6.18. The Labute approximate surface area is 144 Å². The summed E-state index contributed by atoms with van der Waals surface area (Å²) in [6, 6.07) is 9.96. The largest absolute Gasteiger partial charge is 0.383 e. The maximum Gasteiger partial charge on any atom is 0.224 e. The molecular formula is C18H20N2O3S. The minimum Gasteiger partial charge on any atom is -0.383 e. The number of hydrogen-bond donors (Lipinski definition) is 2. The molecule has 1 aromatic carbocycles. The van der Waals surface area contributed by atoms with Gasteiger partial charge in [0.15, 0.2) is 0 Å². The van der Waals surface area contributed by atoms with E-state index in [1.165, 1.54) is 11.3 Å². The number of aromatic nitrogens is 1. The van der Waals surface area contributed by atoms with Crippen LogP contribution in [0.3, 0.4) is 0 Å². The van der Waals surface area contributed by atoms with E-state index in [1.807, 2.05) is 37.3 Å². The molecule has 0 aliphatic rings. The smallest absolute Gasteiger partial charge is 0.224 e. The molecule has 5 nitrogen and oxygen atoms in total. The summed E-state index contributed by atoms with van der Waals surface area (Å²) in [5.74, 6) is 0.490. The van der Waals surface area contributed by atoms with Gasteiger partial charge in [-0.25, -0.2) is 0 Å². The molecular weight excluding hydrogens is 324 g/mol. The minimum absolute atomic E-state index is 0.155. The van der Waals surface area contributed by atoms with Crippen LogP contribution in [0.5, 0.6) is 0 Å². The van der Waals surface area contributed by atoms with Crippen LogP contribution in [-0.2, 0) is 16.8 Å². The molecule has 1 amide bonds. The number of aliphatic hydroxyl groups is 1. The van der Waals surface area contributed by atoms with Crippen LogP contribution in [0, 0.1) is 13.8 Å². The molecule has 1 atom stereocenters. The molecule has 2 aromatic heterocycles. The van der Waals surface area contributed by atoms with Gasteiger partial charge in [-0.2, -0.15) is 0 Å². The van der Waals surface area contributed by atoms with Crippen LogP contribution in [0.1, 0.15) is 28.8 Å². The fourth-order valence-electron chi connectivity index (χ4n) is 2.58. The number of carbonyl (C=O) groups excluding carboxylic acids is 1. The zero-order chi connectivity index (χ0) is 17.3. The molecule has 6 heteroatoms. The summed E-state index contributed by atoms with van der Waals surface area (Å²) in [4.78, 5) is 13.0. The fourth-order valence-corrected chi connectivity index (χ4v) is 3.69. The Morgan fingerprint density at radius 3 is 2.79 bits per heavy atom. The molecule has 0 radical (unpaired) electrons. The van der Waals surface area contributed by atoms with Gasteiger partial charge in [0.2, 0.25) is 5.91 Å². The van der Waals surface area contributed by atoms with Crippen molar-refractivity contribution >= 4 is 27.3 Å². The zero-order valence-electron chi connectivity index (χ0n) is 13.9. The number of rotatable bonds is 5. The number of nitrogens with one attached hydrogen (secondary N) is 1. The van der Waals surface area contributed by atoms with Gasteiger partial charge < -0.3 is 14.9 Å². The molecule has 24 heavy (non-hydrogen) atoms. The Morgan fingerprint density at radius 1 is 1.38 bits per heavy atom. The van der Waals surface area contributed by atoms with Gasteiger partial charge in [-0.1, -0.05) is 23.4 Å². The van der Waals surface area contributed by atoms with Crippen molar-refractivity contribution in [3.63, 3.8) is 0 Å². The average molecular weight is 344 g/mol. The highest BCUT2D eigenvalue weighted by Gasteiger charge is 2.26. The Hall–Kier alpha value is -2.18. The second-order valence-corrected chi connectivity index (χ2v) is 7.26. The van der Waals surface area contributed by atoms with E-state index >= 15 is 0 Å². The van der Waals surface area contributed by atoms with Crippen LogP contribution in [0.25, 0.3) is 10.1 Å². The van der Waals surface area contributed by atoms with Gasteiger partial charge in [-0.05, 0) is 38.3 Å². The number of nitrogens with zero attached hydrogens (tertiary/aromatic N) is 1. The van der Waals surface area contributed by atoms with Gasteiger partial charge in [-0.15, -0.1) is 11.3 Å². The predicted octanol–water partition coefficient (Wildman–Crippen LogP) is 3.07. The minimum atomic E-state index is -1.11. The van der Waals surface area contributed by atoms with E-state index in [4.69, 9.17) is 4.52 Å². The Bertz CT molecular complexity index is 827. The van der Waals surface area contributed by atoms with Crippen LogP contribution in [0.2, 0.25) is 0 Å². The molecule has 0 aliphatic carbocycles. The maximum absolute atomic E-state index is 12.2. The Balaban J connectivity index is 1.67. The van der Waals surface area contributed by atoms with Crippen molar-refractivity contribution < 1.29 is 14.4 Å². The van der Waals surface area contributed by atoms with Crippen LogP contribution in [-0.4, -0.2) is 22.7 Å². The lowest BCUT2D eigenvalue weighted by Crippen LogP contribution is -2.38. The first kappa shape index (κ1) is 16.7. The quantitative estimate of drug-likeness (QED) is 0.746. The molecule has 0 saturated carbocycles. The maximum atomic E-state index is 12.2. The zero-order valence-corrected chi connectivity index (χ0v) is 14.7.